The Hall–Kier alpha value is -2.62. The molecule has 0 atom stereocenters. The molecular formula is C17H16O4. The molecule has 0 spiro atoms. The number of carboxylic acid groups (broad SMARTS) is 1. The Morgan fingerprint density at radius 3 is 2.19 bits per heavy atom. The summed E-state index contributed by atoms with van der Waals surface area (Å²) in [6, 6.07) is 14.1. The minimum Gasteiger partial charge on any atom is -0.478 e. The third-order valence-corrected chi connectivity index (χ3v) is 2.92. The predicted octanol–water partition coefficient (Wildman–Crippen LogP) is 3.62. The van der Waals surface area contributed by atoms with Crippen LogP contribution in [-0.2, 0) is 4.74 Å². The molecule has 0 amide bonds. The Bertz CT molecular complexity index is 660. The topological polar surface area (TPSA) is 63.6 Å². The molecule has 0 radical (unpaired) electrons. The van der Waals surface area contributed by atoms with E-state index in [0.29, 0.717) is 0 Å². The van der Waals surface area contributed by atoms with Gasteiger partial charge in [0.25, 0.3) is 0 Å². The number of aromatic carboxylic acids is 1. The number of rotatable bonds is 4. The minimum absolute atomic E-state index is 0.0552. The Kier molecular flexibility index (Phi) is 4.38. The molecule has 1 N–H and O–H groups in total. The molecule has 0 saturated carbocycles. The first-order valence-electron chi connectivity index (χ1n) is 6.63. The molecule has 2 aromatic rings. The average Bonchev–Trinajstić information content (AvgIpc) is 2.46. The Morgan fingerprint density at radius 1 is 0.952 bits per heavy atom. The highest BCUT2D eigenvalue weighted by molar-refractivity contribution is 6.03. The summed E-state index contributed by atoms with van der Waals surface area (Å²) in [6.45, 7) is 3.44. The number of esters is 1. The van der Waals surface area contributed by atoms with Crippen LogP contribution in [0.4, 0.5) is 0 Å². The van der Waals surface area contributed by atoms with Crippen LogP contribution in [0.25, 0.3) is 11.1 Å². The third kappa shape index (κ3) is 3.48. The predicted molar refractivity (Wildman–Crippen MR) is 79.4 cm³/mol. The maximum Gasteiger partial charge on any atom is 0.339 e. The van der Waals surface area contributed by atoms with Gasteiger partial charge in [0.05, 0.1) is 17.2 Å². The maximum atomic E-state index is 12.1. The van der Waals surface area contributed by atoms with Gasteiger partial charge in [0.2, 0.25) is 0 Å². The lowest BCUT2D eigenvalue weighted by Crippen LogP contribution is -2.15. The lowest BCUT2D eigenvalue weighted by atomic mass is 9.99. The van der Waals surface area contributed by atoms with Crippen molar-refractivity contribution in [2.45, 2.75) is 20.0 Å². The maximum absolute atomic E-state index is 12.1. The van der Waals surface area contributed by atoms with Crippen molar-refractivity contribution in [2.24, 2.45) is 0 Å². The number of carbonyl (C=O) groups is 2. The van der Waals surface area contributed by atoms with E-state index in [1.54, 1.807) is 26.0 Å². The van der Waals surface area contributed by atoms with Crippen molar-refractivity contribution in [1.29, 1.82) is 0 Å². The number of carboxylic acids is 1. The fraction of sp³-hybridized carbons (Fsp3) is 0.176. The Balaban J connectivity index is 2.49. The molecule has 0 saturated heterocycles. The van der Waals surface area contributed by atoms with Gasteiger partial charge in [-0.2, -0.15) is 0 Å². The van der Waals surface area contributed by atoms with Crippen LogP contribution in [-0.4, -0.2) is 23.1 Å². The first-order chi connectivity index (χ1) is 9.99. The second-order valence-corrected chi connectivity index (χ2v) is 4.89. The van der Waals surface area contributed by atoms with E-state index >= 15 is 0 Å². The van der Waals surface area contributed by atoms with Crippen LogP contribution < -0.4 is 0 Å². The molecule has 0 aliphatic rings. The second-order valence-electron chi connectivity index (χ2n) is 4.89. The van der Waals surface area contributed by atoms with Crippen LogP contribution in [0, 0.1) is 0 Å². The standard InChI is InChI=1S/C17H16O4/c1-11(2)21-17(20)15-10-13(8-9-14(15)16(18)19)12-6-4-3-5-7-12/h3-11H,1-2H3,(H,18,19). The highest BCUT2D eigenvalue weighted by Gasteiger charge is 2.19. The van der Waals surface area contributed by atoms with Gasteiger partial charge in [-0.3, -0.25) is 0 Å². The highest BCUT2D eigenvalue weighted by Crippen LogP contribution is 2.23. The molecule has 0 aliphatic carbocycles. The SMILES string of the molecule is CC(C)OC(=O)c1cc(-c2ccccc2)ccc1C(=O)O. The molecule has 2 rings (SSSR count). The Labute approximate surface area is 123 Å². The molecule has 4 heteroatoms. The number of ether oxygens (including phenoxy) is 1. The van der Waals surface area contributed by atoms with E-state index in [4.69, 9.17) is 4.74 Å². The van der Waals surface area contributed by atoms with E-state index in [1.807, 2.05) is 30.3 Å². The van der Waals surface area contributed by atoms with Gasteiger partial charge in [-0.05, 0) is 37.1 Å². The zero-order chi connectivity index (χ0) is 15.4. The van der Waals surface area contributed by atoms with Crippen LogP contribution in [0.3, 0.4) is 0 Å². The first kappa shape index (κ1) is 14.8. The van der Waals surface area contributed by atoms with Gasteiger partial charge in [0.15, 0.2) is 0 Å². The smallest absolute Gasteiger partial charge is 0.339 e. The monoisotopic (exact) mass is 284 g/mol. The van der Waals surface area contributed by atoms with E-state index in [-0.39, 0.29) is 17.2 Å². The first-order valence-corrected chi connectivity index (χ1v) is 6.63. The molecular weight excluding hydrogens is 268 g/mol. The summed E-state index contributed by atoms with van der Waals surface area (Å²) < 4.78 is 5.12. The Morgan fingerprint density at radius 2 is 1.62 bits per heavy atom. The van der Waals surface area contributed by atoms with Crippen LogP contribution in [0.15, 0.2) is 48.5 Å². The van der Waals surface area contributed by atoms with Gasteiger partial charge in [0.1, 0.15) is 0 Å². The van der Waals surface area contributed by atoms with Gasteiger partial charge in [-0.1, -0.05) is 36.4 Å². The normalized spacial score (nSPS) is 10.4. The molecule has 108 valence electrons. The fourth-order valence-electron chi connectivity index (χ4n) is 1.99. The van der Waals surface area contributed by atoms with E-state index in [2.05, 4.69) is 0 Å². The summed E-state index contributed by atoms with van der Waals surface area (Å²) in [4.78, 5) is 23.3. The van der Waals surface area contributed by atoms with Gasteiger partial charge in [0, 0.05) is 0 Å². The van der Waals surface area contributed by atoms with Gasteiger partial charge in [-0.15, -0.1) is 0 Å². The molecule has 0 heterocycles. The van der Waals surface area contributed by atoms with Crippen molar-refractivity contribution < 1.29 is 19.4 Å². The summed E-state index contributed by atoms with van der Waals surface area (Å²) in [6.07, 6.45) is -0.306. The lowest BCUT2D eigenvalue weighted by Gasteiger charge is -2.11. The molecule has 0 aliphatic heterocycles. The highest BCUT2D eigenvalue weighted by atomic mass is 16.5. The van der Waals surface area contributed by atoms with Crippen LogP contribution >= 0.6 is 0 Å². The number of carbonyl (C=O) groups excluding carboxylic acids is 1. The van der Waals surface area contributed by atoms with E-state index < -0.39 is 11.9 Å². The van der Waals surface area contributed by atoms with Crippen LogP contribution in [0.1, 0.15) is 34.6 Å². The molecule has 0 fully saturated rings. The summed E-state index contributed by atoms with van der Waals surface area (Å²) in [5.74, 6) is -1.77. The summed E-state index contributed by atoms with van der Waals surface area (Å²) in [5.41, 5.74) is 1.70. The fourth-order valence-corrected chi connectivity index (χ4v) is 1.99. The molecule has 0 bridgehead atoms. The molecule has 4 nitrogen and oxygen atoms in total. The van der Waals surface area contributed by atoms with Gasteiger partial charge >= 0.3 is 11.9 Å². The summed E-state index contributed by atoms with van der Waals surface area (Å²) in [5, 5.41) is 9.20. The zero-order valence-corrected chi connectivity index (χ0v) is 11.9. The van der Waals surface area contributed by atoms with Crippen molar-refractivity contribution in [3.8, 4) is 11.1 Å². The van der Waals surface area contributed by atoms with E-state index in [1.165, 1.54) is 6.07 Å². The van der Waals surface area contributed by atoms with Crippen molar-refractivity contribution in [1.82, 2.24) is 0 Å². The average molecular weight is 284 g/mol. The van der Waals surface area contributed by atoms with Gasteiger partial charge < -0.3 is 9.84 Å². The molecule has 0 aromatic heterocycles. The van der Waals surface area contributed by atoms with Crippen molar-refractivity contribution in [2.75, 3.05) is 0 Å². The number of hydrogen-bond donors (Lipinski definition) is 1. The molecule has 0 unspecified atom stereocenters. The van der Waals surface area contributed by atoms with Crippen LogP contribution in [0.5, 0.6) is 0 Å². The van der Waals surface area contributed by atoms with Crippen molar-refractivity contribution >= 4 is 11.9 Å². The van der Waals surface area contributed by atoms with Gasteiger partial charge in [-0.25, -0.2) is 9.59 Å². The molecule has 2 aromatic carbocycles. The number of hydrogen-bond acceptors (Lipinski definition) is 3. The largest absolute Gasteiger partial charge is 0.478 e. The summed E-state index contributed by atoms with van der Waals surface area (Å²) in [7, 11) is 0. The van der Waals surface area contributed by atoms with E-state index in [9.17, 15) is 14.7 Å². The lowest BCUT2D eigenvalue weighted by molar-refractivity contribution is 0.0371. The second kappa shape index (κ2) is 6.22. The van der Waals surface area contributed by atoms with Crippen molar-refractivity contribution in [3.63, 3.8) is 0 Å². The molecule has 21 heavy (non-hydrogen) atoms. The number of benzene rings is 2. The quantitative estimate of drug-likeness (QED) is 0.871. The van der Waals surface area contributed by atoms with Crippen molar-refractivity contribution in [3.05, 3.63) is 59.7 Å². The third-order valence-electron chi connectivity index (χ3n) is 2.92. The zero-order valence-electron chi connectivity index (χ0n) is 11.9. The summed E-state index contributed by atoms with van der Waals surface area (Å²) >= 11 is 0. The van der Waals surface area contributed by atoms with E-state index in [0.717, 1.165) is 11.1 Å². The minimum atomic E-state index is -1.15. The van der Waals surface area contributed by atoms with Crippen LogP contribution in [0.2, 0.25) is 0 Å².